The zero-order valence-electron chi connectivity index (χ0n) is 14.2. The fraction of sp³-hybridized carbons (Fsp3) is 0.278. The maximum absolute atomic E-state index is 12.1. The van der Waals surface area contributed by atoms with Gasteiger partial charge in [0.2, 0.25) is 11.7 Å². The van der Waals surface area contributed by atoms with E-state index in [0.717, 1.165) is 11.1 Å². The number of benzene rings is 2. The van der Waals surface area contributed by atoms with Crippen LogP contribution in [-0.2, 0) is 17.8 Å². The number of halogens is 2. The molecule has 1 amide bonds. The van der Waals surface area contributed by atoms with Gasteiger partial charge in [-0.1, -0.05) is 29.3 Å². The van der Waals surface area contributed by atoms with E-state index in [0.29, 0.717) is 33.8 Å². The lowest BCUT2D eigenvalue weighted by molar-refractivity contribution is -0.120. The molecule has 1 N–H and O–H groups in total. The minimum atomic E-state index is -0.132. The van der Waals surface area contributed by atoms with Crippen LogP contribution in [0.3, 0.4) is 0 Å². The monoisotopic (exact) mass is 383 g/mol. The molecule has 134 valence electrons. The van der Waals surface area contributed by atoms with Gasteiger partial charge in [0.25, 0.3) is 0 Å². The van der Waals surface area contributed by atoms with Crippen LogP contribution in [-0.4, -0.2) is 27.2 Å². The summed E-state index contributed by atoms with van der Waals surface area (Å²) in [5.41, 5.74) is 1.62. The van der Waals surface area contributed by atoms with Gasteiger partial charge in [0.05, 0.1) is 37.8 Å². The van der Waals surface area contributed by atoms with Crippen LogP contribution in [0.25, 0.3) is 0 Å². The highest BCUT2D eigenvalue weighted by Gasteiger charge is 2.13. The van der Waals surface area contributed by atoms with E-state index in [9.17, 15) is 4.79 Å². The van der Waals surface area contributed by atoms with Gasteiger partial charge in [0.15, 0.2) is 11.5 Å². The summed E-state index contributed by atoms with van der Waals surface area (Å²) in [7, 11) is 4.63. The Bertz CT molecular complexity index is 740. The second-order valence-corrected chi connectivity index (χ2v) is 6.05. The van der Waals surface area contributed by atoms with Crippen LogP contribution in [0.5, 0.6) is 17.2 Å². The topological polar surface area (TPSA) is 56.8 Å². The lowest BCUT2D eigenvalue weighted by atomic mass is 10.1. The van der Waals surface area contributed by atoms with Gasteiger partial charge in [-0.15, -0.1) is 0 Å². The molecular weight excluding hydrogens is 365 g/mol. The summed E-state index contributed by atoms with van der Waals surface area (Å²) in [5, 5.41) is 3.74. The summed E-state index contributed by atoms with van der Waals surface area (Å²) in [6.45, 7) is 0.330. The van der Waals surface area contributed by atoms with Crippen molar-refractivity contribution in [3.05, 3.63) is 51.5 Å². The van der Waals surface area contributed by atoms with Gasteiger partial charge in [-0.25, -0.2) is 0 Å². The molecule has 0 fully saturated rings. The molecule has 5 nitrogen and oxygen atoms in total. The van der Waals surface area contributed by atoms with Crippen molar-refractivity contribution < 1.29 is 19.0 Å². The van der Waals surface area contributed by atoms with E-state index in [2.05, 4.69) is 5.32 Å². The van der Waals surface area contributed by atoms with Crippen LogP contribution in [0.15, 0.2) is 30.3 Å². The van der Waals surface area contributed by atoms with Crippen LogP contribution in [0.2, 0.25) is 10.0 Å². The standard InChI is InChI=1S/C18H19Cl2NO4/c1-23-15-7-12(8-16(24-2)18(15)25-3)10-21-17(22)9-11-4-5-13(19)14(20)6-11/h4-8H,9-10H2,1-3H3,(H,21,22). The largest absolute Gasteiger partial charge is 0.493 e. The number of carbonyl (C=O) groups excluding carboxylic acids is 1. The Morgan fingerprint density at radius 1 is 0.920 bits per heavy atom. The second kappa shape index (κ2) is 8.83. The predicted molar refractivity (Wildman–Crippen MR) is 98.1 cm³/mol. The van der Waals surface area contributed by atoms with E-state index in [4.69, 9.17) is 37.4 Å². The normalized spacial score (nSPS) is 10.3. The molecule has 2 rings (SSSR count). The average molecular weight is 384 g/mol. The first-order valence-electron chi connectivity index (χ1n) is 7.48. The number of hydrogen-bond donors (Lipinski definition) is 1. The molecule has 0 aliphatic rings. The van der Waals surface area contributed by atoms with Gasteiger partial charge in [-0.3, -0.25) is 4.79 Å². The first-order valence-corrected chi connectivity index (χ1v) is 8.23. The highest BCUT2D eigenvalue weighted by Crippen LogP contribution is 2.38. The number of methoxy groups -OCH3 is 3. The van der Waals surface area contributed by atoms with Gasteiger partial charge in [0, 0.05) is 6.54 Å². The summed E-state index contributed by atoms with van der Waals surface area (Å²) in [4.78, 5) is 12.1. The Balaban J connectivity index is 2.04. The van der Waals surface area contributed by atoms with Crippen LogP contribution < -0.4 is 19.5 Å². The minimum absolute atomic E-state index is 0.132. The average Bonchev–Trinajstić information content (AvgIpc) is 2.62. The van der Waals surface area contributed by atoms with Gasteiger partial charge < -0.3 is 19.5 Å². The van der Waals surface area contributed by atoms with Crippen molar-refractivity contribution in [2.45, 2.75) is 13.0 Å². The maximum Gasteiger partial charge on any atom is 0.224 e. The molecular formula is C18H19Cl2NO4. The number of hydrogen-bond acceptors (Lipinski definition) is 4. The Morgan fingerprint density at radius 3 is 2.08 bits per heavy atom. The number of rotatable bonds is 7. The third kappa shape index (κ3) is 4.94. The molecule has 0 bridgehead atoms. The predicted octanol–water partition coefficient (Wildman–Crippen LogP) is 3.88. The molecule has 0 aromatic heterocycles. The molecule has 0 heterocycles. The van der Waals surface area contributed by atoms with Crippen molar-refractivity contribution in [2.24, 2.45) is 0 Å². The Kier molecular flexibility index (Phi) is 6.79. The van der Waals surface area contributed by atoms with E-state index in [1.54, 1.807) is 51.7 Å². The fourth-order valence-corrected chi connectivity index (χ4v) is 2.66. The van der Waals surface area contributed by atoms with Gasteiger partial charge >= 0.3 is 0 Å². The minimum Gasteiger partial charge on any atom is -0.493 e. The molecule has 25 heavy (non-hydrogen) atoms. The van der Waals surface area contributed by atoms with Crippen LogP contribution >= 0.6 is 23.2 Å². The molecule has 0 aliphatic carbocycles. The van der Waals surface area contributed by atoms with Gasteiger partial charge in [-0.05, 0) is 35.4 Å². The first-order chi connectivity index (χ1) is 12.0. The van der Waals surface area contributed by atoms with Crippen molar-refractivity contribution >= 4 is 29.1 Å². The molecule has 0 saturated carbocycles. The molecule has 0 radical (unpaired) electrons. The zero-order chi connectivity index (χ0) is 18.4. The molecule has 0 spiro atoms. The number of amides is 1. The van der Waals surface area contributed by atoms with Gasteiger partial charge in [0.1, 0.15) is 0 Å². The zero-order valence-corrected chi connectivity index (χ0v) is 15.7. The summed E-state index contributed by atoms with van der Waals surface area (Å²) < 4.78 is 15.9. The highest BCUT2D eigenvalue weighted by atomic mass is 35.5. The lowest BCUT2D eigenvalue weighted by Gasteiger charge is -2.14. The lowest BCUT2D eigenvalue weighted by Crippen LogP contribution is -2.24. The SMILES string of the molecule is COc1cc(CNC(=O)Cc2ccc(Cl)c(Cl)c2)cc(OC)c1OC. The Labute approximate surface area is 156 Å². The van der Waals surface area contributed by atoms with Crippen LogP contribution in [0.1, 0.15) is 11.1 Å². The van der Waals surface area contributed by atoms with Crippen LogP contribution in [0.4, 0.5) is 0 Å². The highest BCUT2D eigenvalue weighted by molar-refractivity contribution is 6.42. The summed E-state index contributed by atoms with van der Waals surface area (Å²) in [6, 6.07) is 8.71. The van der Waals surface area contributed by atoms with Crippen molar-refractivity contribution in [3.63, 3.8) is 0 Å². The third-order valence-corrected chi connectivity index (χ3v) is 4.30. The molecule has 0 saturated heterocycles. The third-order valence-electron chi connectivity index (χ3n) is 3.56. The number of ether oxygens (including phenoxy) is 3. The molecule has 7 heteroatoms. The molecule has 0 atom stereocenters. The van der Waals surface area contributed by atoms with Crippen molar-refractivity contribution in [1.82, 2.24) is 5.32 Å². The molecule has 2 aromatic carbocycles. The smallest absolute Gasteiger partial charge is 0.224 e. The number of carbonyl (C=O) groups is 1. The van der Waals surface area contributed by atoms with Gasteiger partial charge in [-0.2, -0.15) is 0 Å². The molecule has 0 unspecified atom stereocenters. The van der Waals surface area contributed by atoms with E-state index >= 15 is 0 Å². The first kappa shape index (κ1) is 19.2. The van der Waals surface area contributed by atoms with E-state index in [1.165, 1.54) is 0 Å². The fourth-order valence-electron chi connectivity index (χ4n) is 2.34. The van der Waals surface area contributed by atoms with E-state index in [-0.39, 0.29) is 12.3 Å². The Morgan fingerprint density at radius 2 is 1.56 bits per heavy atom. The second-order valence-electron chi connectivity index (χ2n) is 5.24. The quantitative estimate of drug-likeness (QED) is 0.787. The van der Waals surface area contributed by atoms with Crippen LogP contribution in [0, 0.1) is 0 Å². The van der Waals surface area contributed by atoms with Crippen molar-refractivity contribution in [2.75, 3.05) is 21.3 Å². The van der Waals surface area contributed by atoms with Crippen molar-refractivity contribution in [3.8, 4) is 17.2 Å². The van der Waals surface area contributed by atoms with E-state index in [1.807, 2.05) is 0 Å². The van der Waals surface area contributed by atoms with Crippen molar-refractivity contribution in [1.29, 1.82) is 0 Å². The number of nitrogens with one attached hydrogen (secondary N) is 1. The maximum atomic E-state index is 12.1. The molecule has 2 aromatic rings. The summed E-state index contributed by atoms with van der Waals surface area (Å²) in [5.74, 6) is 1.45. The summed E-state index contributed by atoms with van der Waals surface area (Å²) in [6.07, 6.45) is 0.210. The van der Waals surface area contributed by atoms with E-state index < -0.39 is 0 Å². The summed E-state index contributed by atoms with van der Waals surface area (Å²) >= 11 is 11.8. The Hall–Kier alpha value is -2.11. The molecule has 0 aliphatic heterocycles.